The first-order valence-electron chi connectivity index (χ1n) is 9.72. The molecule has 3 rings (SSSR count). The monoisotopic (exact) mass is 494 g/mol. The number of sulfonamides is 1. The van der Waals surface area contributed by atoms with Gasteiger partial charge in [0.1, 0.15) is 0 Å². The molecule has 1 amide bonds. The second-order valence-corrected chi connectivity index (χ2v) is 10.5. The van der Waals surface area contributed by atoms with E-state index in [0.717, 1.165) is 15.7 Å². The van der Waals surface area contributed by atoms with Crippen LogP contribution in [0.2, 0.25) is 5.02 Å². The summed E-state index contributed by atoms with van der Waals surface area (Å²) in [5.41, 5.74) is 1.17. The third-order valence-corrected chi connectivity index (χ3v) is 7.63. The summed E-state index contributed by atoms with van der Waals surface area (Å²) in [6.07, 6.45) is 3.59. The highest BCUT2D eigenvalue weighted by Gasteiger charge is 2.19. The molecule has 12 heteroatoms. The lowest BCUT2D eigenvalue weighted by atomic mass is 10.2. The summed E-state index contributed by atoms with van der Waals surface area (Å²) in [5, 5.41) is 12.2. The minimum Gasteiger partial charge on any atom is -0.325 e. The van der Waals surface area contributed by atoms with Crippen LogP contribution in [0.25, 0.3) is 11.4 Å². The molecule has 0 radical (unpaired) electrons. The first kappa shape index (κ1) is 24.2. The maximum Gasteiger partial charge on any atom is 0.242 e. The zero-order valence-corrected chi connectivity index (χ0v) is 20.2. The molecule has 0 saturated carbocycles. The van der Waals surface area contributed by atoms with Gasteiger partial charge in [-0.25, -0.2) is 12.7 Å². The highest BCUT2D eigenvalue weighted by atomic mass is 35.5. The Morgan fingerprint density at radius 3 is 2.56 bits per heavy atom. The van der Waals surface area contributed by atoms with Gasteiger partial charge in [-0.1, -0.05) is 23.4 Å². The van der Waals surface area contributed by atoms with Crippen LogP contribution in [0.15, 0.2) is 52.8 Å². The summed E-state index contributed by atoms with van der Waals surface area (Å²) in [6, 6.07) is 7.95. The molecular weight excluding hydrogens is 472 g/mol. The molecule has 0 aliphatic heterocycles. The number of aromatic nitrogens is 4. The van der Waals surface area contributed by atoms with E-state index in [1.807, 2.05) is 23.6 Å². The summed E-state index contributed by atoms with van der Waals surface area (Å²) < 4.78 is 27.7. The Labute approximate surface area is 196 Å². The molecule has 1 N–H and O–H groups in total. The highest BCUT2D eigenvalue weighted by molar-refractivity contribution is 7.99. The van der Waals surface area contributed by atoms with Gasteiger partial charge in [0.05, 0.1) is 15.6 Å². The Morgan fingerprint density at radius 1 is 1.19 bits per heavy atom. The van der Waals surface area contributed by atoms with Crippen LogP contribution < -0.4 is 5.32 Å². The molecule has 0 unspecified atom stereocenters. The third-order valence-electron chi connectivity index (χ3n) is 4.52. The molecule has 0 aliphatic rings. The van der Waals surface area contributed by atoms with Gasteiger partial charge >= 0.3 is 0 Å². The van der Waals surface area contributed by atoms with Gasteiger partial charge in [-0.2, -0.15) is 0 Å². The Kier molecular flexibility index (Phi) is 7.88. The smallest absolute Gasteiger partial charge is 0.242 e. The molecule has 0 atom stereocenters. The van der Waals surface area contributed by atoms with E-state index in [1.54, 1.807) is 12.4 Å². The minimum absolute atomic E-state index is 0.0521. The largest absolute Gasteiger partial charge is 0.325 e. The van der Waals surface area contributed by atoms with Crippen molar-refractivity contribution in [3.05, 3.63) is 47.7 Å². The summed E-state index contributed by atoms with van der Waals surface area (Å²) in [6.45, 7) is 2.68. The van der Waals surface area contributed by atoms with Crippen LogP contribution in [0.5, 0.6) is 0 Å². The number of carbonyl (C=O) groups excluding carboxylic acids is 1. The van der Waals surface area contributed by atoms with Gasteiger partial charge < -0.3 is 9.88 Å². The zero-order valence-electron chi connectivity index (χ0n) is 17.8. The number of pyridine rings is 1. The number of nitrogens with zero attached hydrogens (tertiary/aromatic N) is 5. The van der Waals surface area contributed by atoms with Gasteiger partial charge in [-0.15, -0.1) is 10.2 Å². The standard InChI is InChI=1S/C20H23ClN6O3S2/c1-4-27-19(14-7-10-22-11-8-14)24-25-20(27)31-12-9-18(28)23-17-13-15(5-6-16(17)21)32(29,30)26(2)3/h5-8,10-11,13H,4,9,12H2,1-3H3,(H,23,28). The molecular formula is C20H23ClN6O3S2. The Balaban J connectivity index is 1.64. The maximum atomic E-state index is 12.4. The SMILES string of the molecule is CCn1c(SCCC(=O)Nc2cc(S(=O)(=O)N(C)C)ccc2Cl)nnc1-c1ccncc1. The number of thioether (sulfide) groups is 1. The average molecular weight is 495 g/mol. The van der Waals surface area contributed by atoms with E-state index >= 15 is 0 Å². The molecule has 0 spiro atoms. The lowest BCUT2D eigenvalue weighted by molar-refractivity contribution is -0.115. The summed E-state index contributed by atoms with van der Waals surface area (Å²) in [5.74, 6) is 0.927. The van der Waals surface area contributed by atoms with Crippen LogP contribution in [0.3, 0.4) is 0 Å². The fraction of sp³-hybridized carbons (Fsp3) is 0.300. The zero-order chi connectivity index (χ0) is 23.3. The van der Waals surface area contributed by atoms with Crippen LogP contribution in [0, 0.1) is 0 Å². The van der Waals surface area contributed by atoms with E-state index in [0.29, 0.717) is 17.5 Å². The molecule has 3 aromatic rings. The Hall–Kier alpha value is -2.47. The van der Waals surface area contributed by atoms with Gasteiger partial charge in [-0.3, -0.25) is 9.78 Å². The quantitative estimate of drug-likeness (QED) is 0.454. The fourth-order valence-corrected chi connectivity index (χ4v) is 4.85. The number of anilines is 1. The summed E-state index contributed by atoms with van der Waals surface area (Å²) in [7, 11) is -0.758. The molecule has 170 valence electrons. The number of benzene rings is 1. The number of amides is 1. The van der Waals surface area contributed by atoms with Crippen molar-refractivity contribution in [2.24, 2.45) is 0 Å². The van der Waals surface area contributed by atoms with Crippen molar-refractivity contribution in [2.75, 3.05) is 25.2 Å². The first-order valence-corrected chi connectivity index (χ1v) is 12.5. The topological polar surface area (TPSA) is 110 Å². The lowest BCUT2D eigenvalue weighted by Crippen LogP contribution is -2.22. The van der Waals surface area contributed by atoms with Crippen LogP contribution in [-0.4, -0.2) is 58.2 Å². The van der Waals surface area contributed by atoms with Crippen molar-refractivity contribution in [1.29, 1.82) is 0 Å². The van der Waals surface area contributed by atoms with Crippen molar-refractivity contribution in [3.63, 3.8) is 0 Å². The van der Waals surface area contributed by atoms with Gasteiger partial charge in [0.2, 0.25) is 15.9 Å². The van der Waals surface area contributed by atoms with Crippen molar-refractivity contribution in [3.8, 4) is 11.4 Å². The van der Waals surface area contributed by atoms with Gasteiger partial charge in [-0.05, 0) is 37.3 Å². The molecule has 2 heterocycles. The maximum absolute atomic E-state index is 12.4. The second kappa shape index (κ2) is 10.4. The molecule has 0 aliphatic carbocycles. The van der Waals surface area contributed by atoms with Gasteiger partial charge in [0.25, 0.3) is 0 Å². The van der Waals surface area contributed by atoms with Gasteiger partial charge in [0, 0.05) is 50.8 Å². The normalized spacial score (nSPS) is 11.7. The number of hydrogen-bond acceptors (Lipinski definition) is 7. The van der Waals surface area contributed by atoms with Crippen LogP contribution in [0.1, 0.15) is 13.3 Å². The van der Waals surface area contributed by atoms with Crippen molar-refractivity contribution in [2.45, 2.75) is 29.9 Å². The Morgan fingerprint density at radius 2 is 1.91 bits per heavy atom. The number of halogens is 1. The highest BCUT2D eigenvalue weighted by Crippen LogP contribution is 2.27. The van der Waals surface area contributed by atoms with Crippen molar-refractivity contribution in [1.82, 2.24) is 24.1 Å². The van der Waals surface area contributed by atoms with E-state index in [-0.39, 0.29) is 27.9 Å². The number of hydrogen-bond donors (Lipinski definition) is 1. The number of carbonyl (C=O) groups is 1. The Bertz CT molecular complexity index is 1200. The van der Waals surface area contributed by atoms with Crippen LogP contribution in [-0.2, 0) is 21.4 Å². The van der Waals surface area contributed by atoms with E-state index in [1.165, 1.54) is 44.1 Å². The molecule has 9 nitrogen and oxygen atoms in total. The van der Waals surface area contributed by atoms with E-state index < -0.39 is 10.0 Å². The van der Waals surface area contributed by atoms with E-state index in [4.69, 9.17) is 11.6 Å². The molecule has 1 aromatic carbocycles. The summed E-state index contributed by atoms with van der Waals surface area (Å²) in [4.78, 5) is 16.5. The number of rotatable bonds is 9. The predicted molar refractivity (Wildman–Crippen MR) is 125 cm³/mol. The van der Waals surface area contributed by atoms with Crippen molar-refractivity contribution >= 4 is 45.0 Å². The average Bonchev–Trinajstić information content (AvgIpc) is 3.18. The summed E-state index contributed by atoms with van der Waals surface area (Å²) >= 11 is 7.56. The third kappa shape index (κ3) is 5.47. The number of nitrogens with one attached hydrogen (secondary N) is 1. The molecule has 0 saturated heterocycles. The van der Waals surface area contributed by atoms with Crippen molar-refractivity contribution < 1.29 is 13.2 Å². The molecule has 2 aromatic heterocycles. The minimum atomic E-state index is -3.64. The van der Waals surface area contributed by atoms with E-state index in [9.17, 15) is 13.2 Å². The fourth-order valence-electron chi connectivity index (χ4n) is 2.81. The predicted octanol–water partition coefficient (Wildman–Crippen LogP) is 3.38. The van der Waals surface area contributed by atoms with E-state index in [2.05, 4.69) is 20.5 Å². The van der Waals surface area contributed by atoms with Gasteiger partial charge in [0.15, 0.2) is 11.0 Å². The molecule has 32 heavy (non-hydrogen) atoms. The molecule has 0 bridgehead atoms. The first-order chi connectivity index (χ1) is 15.2. The molecule has 0 fully saturated rings. The lowest BCUT2D eigenvalue weighted by Gasteiger charge is -2.14. The van der Waals surface area contributed by atoms with Crippen LogP contribution in [0.4, 0.5) is 5.69 Å². The second-order valence-electron chi connectivity index (χ2n) is 6.86. The van der Waals surface area contributed by atoms with Crippen LogP contribution >= 0.6 is 23.4 Å².